The van der Waals surface area contributed by atoms with Crippen molar-refractivity contribution in [1.29, 1.82) is 0 Å². The molecule has 1 unspecified atom stereocenters. The minimum Gasteiger partial charge on any atom is -0.442 e. The third-order valence-corrected chi connectivity index (χ3v) is 2.50. The summed E-state index contributed by atoms with van der Waals surface area (Å²) in [6.07, 6.45) is 1.13. The summed E-state index contributed by atoms with van der Waals surface area (Å²) < 4.78 is 4.99. The second-order valence-electron chi connectivity index (χ2n) is 5.58. The van der Waals surface area contributed by atoms with Gasteiger partial charge in [-0.2, -0.15) is 5.48 Å². The number of aliphatic hydroxyl groups excluding tert-OH is 1. The summed E-state index contributed by atoms with van der Waals surface area (Å²) in [4.78, 5) is 18.3. The van der Waals surface area contributed by atoms with Gasteiger partial charge in [0.25, 0.3) is 0 Å². The lowest BCUT2D eigenvalue weighted by Crippen LogP contribution is -2.37. The summed E-state index contributed by atoms with van der Waals surface area (Å²) in [5, 5.41) is 9.70. The van der Waals surface area contributed by atoms with E-state index in [1.807, 2.05) is 0 Å². The van der Waals surface area contributed by atoms with Crippen LogP contribution in [0.2, 0.25) is 0 Å². The molecule has 1 aliphatic rings. The van der Waals surface area contributed by atoms with Gasteiger partial charge in [0.15, 0.2) is 0 Å². The van der Waals surface area contributed by atoms with E-state index in [-0.39, 0.29) is 6.61 Å². The normalized spacial score (nSPS) is 18.7. The highest BCUT2D eigenvalue weighted by Crippen LogP contribution is 2.08. The lowest BCUT2D eigenvalue weighted by molar-refractivity contribution is -0.0409. The third-order valence-electron chi connectivity index (χ3n) is 2.50. The van der Waals surface area contributed by atoms with Gasteiger partial charge < -0.3 is 14.7 Å². The largest absolute Gasteiger partial charge is 0.442 e. The number of hydroxylamine groups is 1. The average molecular weight is 260 g/mol. The van der Waals surface area contributed by atoms with Gasteiger partial charge in [-0.05, 0) is 46.7 Å². The lowest BCUT2D eigenvalue weighted by Gasteiger charge is -2.21. The van der Waals surface area contributed by atoms with E-state index in [0.29, 0.717) is 6.54 Å². The molecule has 106 valence electrons. The monoisotopic (exact) mass is 260 g/mol. The number of amides is 1. The Hall–Kier alpha value is -0.850. The molecule has 1 amide bonds. The molecule has 1 saturated heterocycles. The summed E-state index contributed by atoms with van der Waals surface area (Å²) in [7, 11) is 0. The van der Waals surface area contributed by atoms with Crippen LogP contribution < -0.4 is 5.48 Å². The Morgan fingerprint density at radius 3 is 2.56 bits per heavy atom. The molecule has 1 fully saturated rings. The molecule has 0 bridgehead atoms. The van der Waals surface area contributed by atoms with Crippen LogP contribution in [0, 0.1) is 0 Å². The molecule has 2 N–H and O–H groups in total. The molecule has 0 aromatic carbocycles. The van der Waals surface area contributed by atoms with Crippen molar-refractivity contribution in [1.82, 2.24) is 10.4 Å². The summed E-state index contributed by atoms with van der Waals surface area (Å²) in [5.41, 5.74) is 1.60. The Bertz CT molecular complexity index is 259. The fourth-order valence-electron chi connectivity index (χ4n) is 1.81. The van der Waals surface area contributed by atoms with E-state index in [2.05, 4.69) is 10.4 Å². The Morgan fingerprint density at radius 1 is 1.39 bits per heavy atom. The van der Waals surface area contributed by atoms with E-state index in [0.717, 1.165) is 13.1 Å². The van der Waals surface area contributed by atoms with Crippen molar-refractivity contribution in [2.45, 2.75) is 45.3 Å². The summed E-state index contributed by atoms with van der Waals surface area (Å²) >= 11 is 0. The van der Waals surface area contributed by atoms with Crippen molar-refractivity contribution in [3.8, 4) is 0 Å². The molecule has 0 aromatic rings. The summed E-state index contributed by atoms with van der Waals surface area (Å²) in [6.45, 7) is 8.01. The predicted molar refractivity (Wildman–Crippen MR) is 67.0 cm³/mol. The van der Waals surface area contributed by atoms with Gasteiger partial charge in [-0.25, -0.2) is 4.79 Å². The molecule has 1 rings (SSSR count). The highest BCUT2D eigenvalue weighted by molar-refractivity contribution is 5.66. The van der Waals surface area contributed by atoms with E-state index >= 15 is 0 Å². The first-order valence-corrected chi connectivity index (χ1v) is 6.38. The summed E-state index contributed by atoms with van der Waals surface area (Å²) in [5.74, 6) is 0. The number of carbonyl (C=O) groups is 1. The second kappa shape index (κ2) is 6.92. The molecular formula is C12H24N2O4. The van der Waals surface area contributed by atoms with Crippen LogP contribution in [0.5, 0.6) is 0 Å². The van der Waals surface area contributed by atoms with E-state index < -0.39 is 17.8 Å². The molecule has 1 aliphatic heterocycles. The minimum absolute atomic E-state index is 0.0652. The number of β-amino-alcohol motifs (C(OH)–C–C–N with tert-alkyl or cyclic N) is 1. The molecule has 0 aromatic heterocycles. The van der Waals surface area contributed by atoms with Crippen LogP contribution in [0.3, 0.4) is 0 Å². The maximum absolute atomic E-state index is 11.2. The Kier molecular flexibility index (Phi) is 5.84. The summed E-state index contributed by atoms with van der Waals surface area (Å²) in [6, 6.07) is 0. The number of nitrogens with zero attached hydrogens (tertiary/aromatic N) is 1. The van der Waals surface area contributed by atoms with Gasteiger partial charge in [0.1, 0.15) is 12.2 Å². The molecule has 0 saturated carbocycles. The van der Waals surface area contributed by atoms with Crippen molar-refractivity contribution in [3.63, 3.8) is 0 Å². The molecule has 0 spiro atoms. The number of hydrogen-bond acceptors (Lipinski definition) is 5. The Balaban J connectivity index is 2.07. The zero-order valence-corrected chi connectivity index (χ0v) is 11.4. The number of rotatable bonds is 5. The first-order valence-electron chi connectivity index (χ1n) is 6.38. The van der Waals surface area contributed by atoms with Crippen LogP contribution in [0.15, 0.2) is 0 Å². The fourth-order valence-corrected chi connectivity index (χ4v) is 1.81. The van der Waals surface area contributed by atoms with Crippen LogP contribution in [0.1, 0.15) is 33.6 Å². The maximum atomic E-state index is 11.2. The van der Waals surface area contributed by atoms with Crippen molar-refractivity contribution in [3.05, 3.63) is 0 Å². The molecule has 6 heteroatoms. The van der Waals surface area contributed by atoms with Crippen LogP contribution >= 0.6 is 0 Å². The number of hydrogen-bond donors (Lipinski definition) is 2. The Morgan fingerprint density at radius 2 is 2.00 bits per heavy atom. The van der Waals surface area contributed by atoms with Gasteiger partial charge in [0, 0.05) is 6.54 Å². The highest BCUT2D eigenvalue weighted by Gasteiger charge is 2.18. The smallest absolute Gasteiger partial charge is 0.431 e. The molecule has 1 atom stereocenters. The van der Waals surface area contributed by atoms with Crippen molar-refractivity contribution >= 4 is 6.09 Å². The van der Waals surface area contributed by atoms with E-state index in [1.54, 1.807) is 20.8 Å². The van der Waals surface area contributed by atoms with Crippen molar-refractivity contribution < 1.29 is 19.5 Å². The number of ether oxygens (including phenoxy) is 1. The standard InChI is InChI=1S/C12H24N2O4/c1-12(2,3)18-11(16)13-17-9-10(15)8-14-6-4-5-7-14/h10,15H,4-9H2,1-3H3,(H,13,16). The van der Waals surface area contributed by atoms with Gasteiger partial charge in [-0.1, -0.05) is 0 Å². The SMILES string of the molecule is CC(C)(C)OC(=O)NOCC(O)CN1CCCC1. The van der Waals surface area contributed by atoms with Crippen LogP contribution in [-0.2, 0) is 9.57 Å². The van der Waals surface area contributed by atoms with Crippen LogP contribution in [0.4, 0.5) is 4.79 Å². The molecule has 0 aliphatic carbocycles. The quantitative estimate of drug-likeness (QED) is 0.719. The molecule has 0 radical (unpaired) electrons. The zero-order valence-electron chi connectivity index (χ0n) is 11.4. The van der Waals surface area contributed by atoms with Crippen LogP contribution in [0.25, 0.3) is 0 Å². The molecule has 6 nitrogen and oxygen atoms in total. The zero-order chi connectivity index (χ0) is 13.6. The van der Waals surface area contributed by atoms with E-state index in [4.69, 9.17) is 9.57 Å². The lowest BCUT2D eigenvalue weighted by atomic mass is 10.2. The Labute approximate surface area is 108 Å². The van der Waals surface area contributed by atoms with Gasteiger partial charge in [0.2, 0.25) is 0 Å². The first-order chi connectivity index (χ1) is 8.37. The van der Waals surface area contributed by atoms with Gasteiger partial charge >= 0.3 is 6.09 Å². The van der Waals surface area contributed by atoms with Gasteiger partial charge in [0.05, 0.1) is 6.10 Å². The van der Waals surface area contributed by atoms with Crippen molar-refractivity contribution in [2.24, 2.45) is 0 Å². The maximum Gasteiger partial charge on any atom is 0.431 e. The number of carbonyl (C=O) groups excluding carboxylic acids is 1. The first kappa shape index (κ1) is 15.2. The minimum atomic E-state index is -0.643. The van der Waals surface area contributed by atoms with Crippen LogP contribution in [-0.4, -0.2) is 54.0 Å². The van der Waals surface area contributed by atoms with Gasteiger partial charge in [-0.3, -0.25) is 4.84 Å². The fraction of sp³-hybridized carbons (Fsp3) is 0.917. The molecule has 18 heavy (non-hydrogen) atoms. The topological polar surface area (TPSA) is 71.0 Å². The second-order valence-corrected chi connectivity index (χ2v) is 5.58. The number of aliphatic hydroxyl groups is 1. The number of likely N-dealkylation sites (tertiary alicyclic amines) is 1. The number of nitrogens with one attached hydrogen (secondary N) is 1. The van der Waals surface area contributed by atoms with Crippen molar-refractivity contribution in [2.75, 3.05) is 26.2 Å². The predicted octanol–water partition coefficient (Wildman–Crippen LogP) is 0.899. The van der Waals surface area contributed by atoms with Gasteiger partial charge in [-0.15, -0.1) is 0 Å². The highest BCUT2D eigenvalue weighted by atomic mass is 16.7. The molecular weight excluding hydrogens is 236 g/mol. The third kappa shape index (κ3) is 6.78. The molecule has 1 heterocycles. The van der Waals surface area contributed by atoms with E-state index in [9.17, 15) is 9.90 Å². The van der Waals surface area contributed by atoms with E-state index in [1.165, 1.54) is 12.8 Å². The average Bonchev–Trinajstić information content (AvgIpc) is 2.67.